The van der Waals surface area contributed by atoms with E-state index in [0.29, 0.717) is 11.4 Å². The van der Waals surface area contributed by atoms with Crippen molar-refractivity contribution in [2.75, 3.05) is 0 Å². The molecule has 0 aliphatic rings. The first-order chi connectivity index (χ1) is 9.56. The Balaban J connectivity index is 2.25. The van der Waals surface area contributed by atoms with E-state index in [1.807, 2.05) is 0 Å². The molecule has 0 radical (unpaired) electrons. The minimum atomic E-state index is -1.05. The van der Waals surface area contributed by atoms with Crippen molar-refractivity contribution in [3.05, 3.63) is 59.7 Å². The third-order valence-corrected chi connectivity index (χ3v) is 2.47. The van der Waals surface area contributed by atoms with E-state index in [9.17, 15) is 9.59 Å². The van der Waals surface area contributed by atoms with Gasteiger partial charge in [0.2, 0.25) is 0 Å². The second-order valence-electron chi connectivity index (χ2n) is 3.91. The highest BCUT2D eigenvalue weighted by molar-refractivity contribution is 5.89. The molecule has 0 unspecified atom stereocenters. The van der Waals surface area contributed by atoms with E-state index in [0.717, 1.165) is 0 Å². The molecule has 0 atom stereocenters. The Kier molecular flexibility index (Phi) is 3.85. The maximum absolute atomic E-state index is 10.8. The third kappa shape index (κ3) is 3.26. The number of rotatable bonds is 4. The van der Waals surface area contributed by atoms with Crippen LogP contribution in [0.2, 0.25) is 0 Å². The number of azo groups is 1. The van der Waals surface area contributed by atoms with Crippen LogP contribution in [-0.4, -0.2) is 22.2 Å². The van der Waals surface area contributed by atoms with Gasteiger partial charge in [-0.2, -0.15) is 10.2 Å². The zero-order chi connectivity index (χ0) is 14.5. The summed E-state index contributed by atoms with van der Waals surface area (Å²) in [5, 5.41) is 25.5. The SMILES string of the molecule is O=C(O)c1cccc(/N=N/c2cccc(C(=O)O)c2)c1. The smallest absolute Gasteiger partial charge is 0.335 e. The lowest BCUT2D eigenvalue weighted by molar-refractivity contribution is 0.0686. The average Bonchev–Trinajstić information content (AvgIpc) is 2.45. The van der Waals surface area contributed by atoms with Gasteiger partial charge in [0.1, 0.15) is 0 Å². The van der Waals surface area contributed by atoms with Crippen molar-refractivity contribution in [1.29, 1.82) is 0 Å². The highest BCUT2D eigenvalue weighted by Gasteiger charge is 2.04. The van der Waals surface area contributed by atoms with Gasteiger partial charge in [-0.25, -0.2) is 9.59 Å². The van der Waals surface area contributed by atoms with Gasteiger partial charge in [-0.3, -0.25) is 0 Å². The first-order valence-corrected chi connectivity index (χ1v) is 5.65. The Morgan fingerprint density at radius 3 is 1.50 bits per heavy atom. The molecule has 2 N–H and O–H groups in total. The summed E-state index contributed by atoms with van der Waals surface area (Å²) in [6.07, 6.45) is 0. The summed E-state index contributed by atoms with van der Waals surface area (Å²) in [6, 6.07) is 12.0. The van der Waals surface area contributed by atoms with Crippen molar-refractivity contribution in [3.63, 3.8) is 0 Å². The number of carboxylic acids is 2. The number of carboxylic acid groups (broad SMARTS) is 2. The second-order valence-corrected chi connectivity index (χ2v) is 3.91. The molecule has 2 aromatic rings. The number of aromatic carboxylic acids is 2. The monoisotopic (exact) mass is 270 g/mol. The second kappa shape index (κ2) is 5.75. The first kappa shape index (κ1) is 13.4. The number of nitrogens with zero attached hydrogens (tertiary/aromatic N) is 2. The molecule has 0 bridgehead atoms. The van der Waals surface area contributed by atoms with Crippen molar-refractivity contribution in [2.24, 2.45) is 10.2 Å². The zero-order valence-corrected chi connectivity index (χ0v) is 10.2. The van der Waals surface area contributed by atoms with Crippen LogP contribution in [0.3, 0.4) is 0 Å². The fourth-order valence-electron chi connectivity index (χ4n) is 1.52. The minimum absolute atomic E-state index is 0.112. The van der Waals surface area contributed by atoms with Crippen molar-refractivity contribution in [3.8, 4) is 0 Å². The summed E-state index contributed by atoms with van der Waals surface area (Å²) in [5.74, 6) is -2.09. The van der Waals surface area contributed by atoms with E-state index in [2.05, 4.69) is 10.2 Å². The van der Waals surface area contributed by atoms with Gasteiger partial charge in [0.25, 0.3) is 0 Å². The molecule has 0 aliphatic carbocycles. The average molecular weight is 270 g/mol. The number of hydrogen-bond donors (Lipinski definition) is 2. The van der Waals surface area contributed by atoms with Crippen LogP contribution in [0.1, 0.15) is 20.7 Å². The molecule has 20 heavy (non-hydrogen) atoms. The topological polar surface area (TPSA) is 99.3 Å². The molecular formula is C14H10N2O4. The van der Waals surface area contributed by atoms with Crippen LogP contribution in [0.4, 0.5) is 11.4 Å². The lowest BCUT2D eigenvalue weighted by atomic mass is 10.2. The third-order valence-electron chi connectivity index (χ3n) is 2.47. The summed E-state index contributed by atoms with van der Waals surface area (Å²) < 4.78 is 0. The maximum Gasteiger partial charge on any atom is 0.335 e. The molecule has 6 nitrogen and oxygen atoms in total. The summed E-state index contributed by atoms with van der Waals surface area (Å²) in [7, 11) is 0. The van der Waals surface area contributed by atoms with Crippen LogP contribution in [0.15, 0.2) is 58.8 Å². The first-order valence-electron chi connectivity index (χ1n) is 5.65. The van der Waals surface area contributed by atoms with Crippen LogP contribution < -0.4 is 0 Å². The van der Waals surface area contributed by atoms with Crippen molar-refractivity contribution >= 4 is 23.3 Å². The highest BCUT2D eigenvalue weighted by Crippen LogP contribution is 2.20. The van der Waals surface area contributed by atoms with Crippen molar-refractivity contribution < 1.29 is 19.8 Å². The molecule has 0 saturated carbocycles. The zero-order valence-electron chi connectivity index (χ0n) is 10.2. The van der Waals surface area contributed by atoms with Crippen molar-refractivity contribution in [2.45, 2.75) is 0 Å². The number of hydrogen-bond acceptors (Lipinski definition) is 4. The molecule has 0 saturated heterocycles. The summed E-state index contributed by atoms with van der Waals surface area (Å²) in [6.45, 7) is 0. The summed E-state index contributed by atoms with van der Waals surface area (Å²) in [4.78, 5) is 21.6. The Morgan fingerprint density at radius 2 is 1.15 bits per heavy atom. The normalized spacial score (nSPS) is 10.6. The molecule has 2 aromatic carbocycles. The molecule has 100 valence electrons. The molecule has 6 heteroatoms. The molecule has 0 aromatic heterocycles. The molecule has 0 spiro atoms. The van der Waals surface area contributed by atoms with Gasteiger partial charge in [-0.05, 0) is 36.4 Å². The quantitative estimate of drug-likeness (QED) is 0.830. The van der Waals surface area contributed by atoms with Crippen LogP contribution >= 0.6 is 0 Å². The predicted octanol–water partition coefficient (Wildman–Crippen LogP) is 3.50. The van der Waals surface area contributed by atoms with Gasteiger partial charge in [0, 0.05) is 0 Å². The highest BCUT2D eigenvalue weighted by atomic mass is 16.4. The Hall–Kier alpha value is -3.02. The lowest BCUT2D eigenvalue weighted by Crippen LogP contribution is -1.94. The van der Waals surface area contributed by atoms with Crippen molar-refractivity contribution in [1.82, 2.24) is 0 Å². The Bertz CT molecular complexity index is 636. The van der Waals surface area contributed by atoms with Gasteiger partial charge < -0.3 is 10.2 Å². The Morgan fingerprint density at radius 1 is 0.750 bits per heavy atom. The minimum Gasteiger partial charge on any atom is -0.478 e. The summed E-state index contributed by atoms with van der Waals surface area (Å²) >= 11 is 0. The van der Waals surface area contributed by atoms with E-state index in [4.69, 9.17) is 10.2 Å². The molecule has 0 fully saturated rings. The van der Waals surface area contributed by atoms with Crippen LogP contribution in [-0.2, 0) is 0 Å². The lowest BCUT2D eigenvalue weighted by Gasteiger charge is -1.97. The fourth-order valence-corrected chi connectivity index (χ4v) is 1.52. The van der Waals surface area contributed by atoms with E-state index in [1.165, 1.54) is 24.3 Å². The fraction of sp³-hybridized carbons (Fsp3) is 0. The van der Waals surface area contributed by atoms with Crippen LogP contribution in [0, 0.1) is 0 Å². The van der Waals surface area contributed by atoms with E-state index >= 15 is 0 Å². The molecule has 0 aliphatic heterocycles. The van der Waals surface area contributed by atoms with Gasteiger partial charge in [0.05, 0.1) is 22.5 Å². The van der Waals surface area contributed by atoms with Gasteiger partial charge in [-0.15, -0.1) is 0 Å². The molecule has 0 amide bonds. The van der Waals surface area contributed by atoms with E-state index < -0.39 is 11.9 Å². The standard InChI is InChI=1S/C14H10N2O4/c17-13(18)9-3-1-5-11(7-9)15-16-12-6-2-4-10(8-12)14(19)20/h1-8H,(H,17,18)(H,19,20)/b16-15+. The molecule has 2 rings (SSSR count). The van der Waals surface area contributed by atoms with E-state index in [-0.39, 0.29) is 11.1 Å². The van der Waals surface area contributed by atoms with Crippen LogP contribution in [0.5, 0.6) is 0 Å². The predicted molar refractivity (Wildman–Crippen MR) is 71.0 cm³/mol. The van der Waals surface area contributed by atoms with Gasteiger partial charge in [-0.1, -0.05) is 12.1 Å². The van der Waals surface area contributed by atoms with E-state index in [1.54, 1.807) is 24.3 Å². The molecule has 0 heterocycles. The van der Waals surface area contributed by atoms with Gasteiger partial charge >= 0.3 is 11.9 Å². The largest absolute Gasteiger partial charge is 0.478 e. The summed E-state index contributed by atoms with van der Waals surface area (Å²) in [5.41, 5.74) is 0.984. The number of carbonyl (C=O) groups is 2. The molecular weight excluding hydrogens is 260 g/mol. The maximum atomic E-state index is 10.8. The van der Waals surface area contributed by atoms with Crippen LogP contribution in [0.25, 0.3) is 0 Å². The number of benzene rings is 2. The van der Waals surface area contributed by atoms with Gasteiger partial charge in [0.15, 0.2) is 0 Å². The Labute approximate surface area is 114 Å².